The van der Waals surface area contributed by atoms with Crippen LogP contribution < -0.4 is 0 Å². The van der Waals surface area contributed by atoms with Crippen molar-refractivity contribution < 1.29 is 26.7 Å². The average molecular weight is 289 g/mol. The second-order valence-electron chi connectivity index (χ2n) is 4.15. The van der Waals surface area contributed by atoms with Crippen LogP contribution in [0.1, 0.15) is 15.9 Å². The topological polar surface area (TPSA) is 22.0 Å². The number of ketones is 1. The van der Waals surface area contributed by atoms with Crippen LogP contribution in [0.5, 0.6) is 0 Å². The maximum absolute atomic E-state index is 13.0. The van der Waals surface area contributed by atoms with Gasteiger partial charge in [0.25, 0.3) is 5.78 Å². The summed E-state index contributed by atoms with van der Waals surface area (Å²) in [7, 11) is 0. The van der Waals surface area contributed by atoms with Crippen molar-refractivity contribution in [3.63, 3.8) is 0 Å². The highest BCUT2D eigenvalue weighted by molar-refractivity contribution is 6.00. The molecule has 106 valence electrons. The van der Waals surface area contributed by atoms with Gasteiger partial charge in [0.15, 0.2) is 11.6 Å². The molecule has 2 rings (SSSR count). The van der Waals surface area contributed by atoms with Gasteiger partial charge >= 0.3 is 6.18 Å². The van der Waals surface area contributed by atoms with Gasteiger partial charge in [-0.3, -0.25) is 4.79 Å². The molecule has 0 N–H and O–H groups in total. The smallest absolute Gasteiger partial charge is 0.349 e. The Morgan fingerprint density at radius 2 is 1.80 bits per heavy atom. The zero-order chi connectivity index (χ0) is 14.9. The van der Waals surface area contributed by atoms with Crippen molar-refractivity contribution in [3.05, 3.63) is 59.4 Å². The second kappa shape index (κ2) is 5.07. The fourth-order valence-corrected chi connectivity index (χ4v) is 1.69. The summed E-state index contributed by atoms with van der Waals surface area (Å²) in [5.41, 5.74) is -0.134. The number of alkyl halides is 3. The van der Waals surface area contributed by atoms with Crippen molar-refractivity contribution >= 4 is 5.78 Å². The minimum absolute atomic E-state index is 0.0301. The average Bonchev–Trinajstić information content (AvgIpc) is 2.80. The zero-order valence-corrected chi connectivity index (χ0v) is 9.92. The highest BCUT2D eigenvalue weighted by Gasteiger charge is 2.39. The fraction of sp³-hybridized carbons (Fsp3) is 0.154. The summed E-state index contributed by atoms with van der Waals surface area (Å²) in [5, 5.41) is 0. The van der Waals surface area contributed by atoms with Crippen LogP contribution in [-0.4, -0.2) is 16.5 Å². The van der Waals surface area contributed by atoms with Crippen molar-refractivity contribution in [2.75, 3.05) is 0 Å². The van der Waals surface area contributed by atoms with Gasteiger partial charge in [-0.25, -0.2) is 8.78 Å². The number of rotatable bonds is 3. The largest absolute Gasteiger partial charge is 0.454 e. The van der Waals surface area contributed by atoms with Crippen LogP contribution in [0.25, 0.3) is 0 Å². The normalized spacial score (nSPS) is 11.7. The molecule has 0 amide bonds. The molecule has 0 unspecified atom stereocenters. The number of halogens is 5. The van der Waals surface area contributed by atoms with Gasteiger partial charge in [-0.1, -0.05) is 6.07 Å². The number of aromatic nitrogens is 1. The number of hydrogen-bond acceptors (Lipinski definition) is 1. The Morgan fingerprint density at radius 3 is 2.40 bits per heavy atom. The van der Waals surface area contributed by atoms with Gasteiger partial charge in [-0.05, 0) is 23.8 Å². The molecule has 0 saturated carbocycles. The predicted molar refractivity (Wildman–Crippen MR) is 60.3 cm³/mol. The summed E-state index contributed by atoms with van der Waals surface area (Å²) in [6, 6.07) is 4.20. The van der Waals surface area contributed by atoms with Crippen LogP contribution in [-0.2, 0) is 6.54 Å². The summed E-state index contributed by atoms with van der Waals surface area (Å²) in [4.78, 5) is 11.0. The van der Waals surface area contributed by atoms with Crippen LogP contribution in [0, 0.1) is 11.6 Å². The third-order valence-electron chi connectivity index (χ3n) is 2.62. The van der Waals surface area contributed by atoms with Crippen LogP contribution in [0.2, 0.25) is 0 Å². The van der Waals surface area contributed by atoms with E-state index in [1.165, 1.54) is 16.8 Å². The third kappa shape index (κ3) is 3.04. The molecule has 0 aliphatic rings. The Balaban J connectivity index is 2.17. The summed E-state index contributed by atoms with van der Waals surface area (Å²) >= 11 is 0. The van der Waals surface area contributed by atoms with E-state index >= 15 is 0 Å². The first kappa shape index (κ1) is 14.2. The molecule has 1 aromatic heterocycles. The lowest BCUT2D eigenvalue weighted by atomic mass is 10.2. The molecule has 0 aliphatic carbocycles. The second-order valence-corrected chi connectivity index (χ2v) is 4.15. The summed E-state index contributed by atoms with van der Waals surface area (Å²) in [6.45, 7) is 0.0301. The number of nitrogens with zero attached hydrogens (tertiary/aromatic N) is 1. The molecule has 0 bridgehead atoms. The molecule has 0 fully saturated rings. The molecule has 1 aromatic carbocycles. The van der Waals surface area contributed by atoms with E-state index < -0.39 is 29.2 Å². The first-order chi connectivity index (χ1) is 9.27. The molecule has 2 nitrogen and oxygen atoms in total. The van der Waals surface area contributed by atoms with Crippen molar-refractivity contribution in [2.24, 2.45) is 0 Å². The van der Waals surface area contributed by atoms with Crippen LogP contribution in [0.3, 0.4) is 0 Å². The molecule has 7 heteroatoms. The van der Waals surface area contributed by atoms with Gasteiger partial charge in [0.05, 0.1) is 0 Å². The van der Waals surface area contributed by atoms with Crippen molar-refractivity contribution in [3.8, 4) is 0 Å². The van der Waals surface area contributed by atoms with E-state index in [1.54, 1.807) is 0 Å². The molecular formula is C13H8F5NO. The Kier molecular flexibility index (Phi) is 3.61. The Bertz CT molecular complexity index is 644. The van der Waals surface area contributed by atoms with E-state index in [0.717, 1.165) is 24.4 Å². The van der Waals surface area contributed by atoms with E-state index in [0.29, 0.717) is 5.56 Å². The maximum atomic E-state index is 13.0. The molecule has 0 spiro atoms. The lowest BCUT2D eigenvalue weighted by Gasteiger charge is -2.04. The number of benzene rings is 1. The lowest BCUT2D eigenvalue weighted by Crippen LogP contribution is -2.22. The highest BCUT2D eigenvalue weighted by Crippen LogP contribution is 2.22. The van der Waals surface area contributed by atoms with E-state index in [1.807, 2.05) is 0 Å². The standard InChI is InChI=1S/C13H8F5NO/c14-10-2-1-8(5-11(10)15)6-19-4-3-9(7-19)12(20)13(16,17)18/h1-5,7H,6H2. The summed E-state index contributed by atoms with van der Waals surface area (Å²) in [6.07, 6.45) is -2.66. The van der Waals surface area contributed by atoms with Gasteiger partial charge in [0.1, 0.15) is 0 Å². The summed E-state index contributed by atoms with van der Waals surface area (Å²) < 4.78 is 63.6. The van der Waals surface area contributed by atoms with Crippen molar-refractivity contribution in [2.45, 2.75) is 12.7 Å². The molecular weight excluding hydrogens is 281 g/mol. The minimum atomic E-state index is -4.94. The molecule has 1 heterocycles. The van der Waals surface area contributed by atoms with Crippen LogP contribution in [0.15, 0.2) is 36.7 Å². The van der Waals surface area contributed by atoms with Crippen molar-refractivity contribution in [1.29, 1.82) is 0 Å². The quantitative estimate of drug-likeness (QED) is 0.625. The third-order valence-corrected chi connectivity index (χ3v) is 2.62. The summed E-state index contributed by atoms with van der Waals surface area (Å²) in [5.74, 6) is -3.99. The van der Waals surface area contributed by atoms with Gasteiger partial charge < -0.3 is 4.57 Å². The Hall–Kier alpha value is -2.18. The van der Waals surface area contributed by atoms with Crippen molar-refractivity contribution in [1.82, 2.24) is 4.57 Å². The van der Waals surface area contributed by atoms with E-state index in [2.05, 4.69) is 0 Å². The molecule has 0 aliphatic heterocycles. The first-order valence-electron chi connectivity index (χ1n) is 5.48. The molecule has 0 radical (unpaired) electrons. The van der Waals surface area contributed by atoms with Gasteiger partial charge in [0.2, 0.25) is 0 Å². The van der Waals surface area contributed by atoms with Gasteiger partial charge in [0, 0.05) is 24.5 Å². The van der Waals surface area contributed by atoms with Gasteiger partial charge in [-0.2, -0.15) is 13.2 Å². The zero-order valence-electron chi connectivity index (χ0n) is 9.92. The first-order valence-corrected chi connectivity index (χ1v) is 5.48. The Morgan fingerprint density at radius 1 is 1.10 bits per heavy atom. The molecule has 0 atom stereocenters. The van der Waals surface area contributed by atoms with E-state index in [4.69, 9.17) is 0 Å². The molecule has 0 saturated heterocycles. The maximum Gasteiger partial charge on any atom is 0.454 e. The lowest BCUT2D eigenvalue weighted by molar-refractivity contribution is -0.0885. The van der Waals surface area contributed by atoms with E-state index in [-0.39, 0.29) is 6.54 Å². The SMILES string of the molecule is O=C(c1ccn(Cc2ccc(F)c(F)c2)c1)C(F)(F)F. The number of Topliss-reactive ketones (excluding diaryl/α,β-unsaturated/α-hetero) is 1. The highest BCUT2D eigenvalue weighted by atomic mass is 19.4. The number of carbonyl (C=O) groups is 1. The molecule has 20 heavy (non-hydrogen) atoms. The number of carbonyl (C=O) groups excluding carboxylic acids is 1. The minimum Gasteiger partial charge on any atom is -0.349 e. The predicted octanol–water partition coefficient (Wildman–Crippen LogP) is 3.56. The Labute approximate surface area is 110 Å². The number of hydrogen-bond donors (Lipinski definition) is 0. The monoisotopic (exact) mass is 289 g/mol. The van der Waals surface area contributed by atoms with Gasteiger partial charge in [-0.15, -0.1) is 0 Å². The fourth-order valence-electron chi connectivity index (χ4n) is 1.69. The van der Waals surface area contributed by atoms with E-state index in [9.17, 15) is 26.7 Å². The van der Waals surface area contributed by atoms with Crippen LogP contribution in [0.4, 0.5) is 22.0 Å². The molecule has 2 aromatic rings. The van der Waals surface area contributed by atoms with Crippen LogP contribution >= 0.6 is 0 Å².